The minimum absolute atomic E-state index is 0.303. The molecule has 1 aliphatic rings. The number of rotatable bonds is 4. The van der Waals surface area contributed by atoms with Crippen molar-refractivity contribution in [3.05, 3.63) is 29.8 Å². The van der Waals surface area contributed by atoms with Gasteiger partial charge in [0.05, 0.1) is 0 Å². The topological polar surface area (TPSA) is 35.5 Å². The molecular formula is C15H24N2O. The van der Waals surface area contributed by atoms with Gasteiger partial charge in [0.15, 0.2) is 0 Å². The Morgan fingerprint density at radius 2 is 2.11 bits per heavy atom. The fraction of sp³-hybridized carbons (Fsp3) is 0.600. The molecule has 100 valence electrons. The second-order valence-corrected chi connectivity index (χ2v) is 5.47. The zero-order valence-electron chi connectivity index (χ0n) is 11.4. The third-order valence-electron chi connectivity index (χ3n) is 3.92. The van der Waals surface area contributed by atoms with Gasteiger partial charge in [0.25, 0.3) is 0 Å². The van der Waals surface area contributed by atoms with Crippen LogP contribution in [0.3, 0.4) is 0 Å². The van der Waals surface area contributed by atoms with Crippen LogP contribution in [0.2, 0.25) is 0 Å². The van der Waals surface area contributed by atoms with Crippen molar-refractivity contribution in [3.63, 3.8) is 0 Å². The maximum Gasteiger partial charge on any atom is 0.115 e. The number of benzene rings is 1. The van der Waals surface area contributed by atoms with Crippen LogP contribution in [0.5, 0.6) is 5.75 Å². The van der Waals surface area contributed by atoms with Crippen molar-refractivity contribution in [2.75, 3.05) is 26.7 Å². The summed E-state index contributed by atoms with van der Waals surface area (Å²) in [6.07, 6.45) is 2.58. The van der Waals surface area contributed by atoms with Crippen LogP contribution in [0.1, 0.15) is 31.4 Å². The summed E-state index contributed by atoms with van der Waals surface area (Å²) < 4.78 is 0. The van der Waals surface area contributed by atoms with Crippen molar-refractivity contribution in [1.82, 2.24) is 10.2 Å². The predicted octanol–water partition coefficient (Wildman–Crippen LogP) is 2.38. The molecule has 0 amide bonds. The van der Waals surface area contributed by atoms with E-state index < -0.39 is 0 Å². The summed E-state index contributed by atoms with van der Waals surface area (Å²) in [6, 6.07) is 7.82. The summed E-state index contributed by atoms with van der Waals surface area (Å²) in [4.78, 5) is 2.40. The molecule has 1 saturated heterocycles. The second-order valence-electron chi connectivity index (χ2n) is 5.47. The van der Waals surface area contributed by atoms with Crippen LogP contribution in [-0.4, -0.2) is 36.7 Å². The molecular weight excluding hydrogens is 224 g/mol. The van der Waals surface area contributed by atoms with Crippen LogP contribution in [0.4, 0.5) is 0 Å². The van der Waals surface area contributed by atoms with Gasteiger partial charge in [0.2, 0.25) is 0 Å². The lowest BCUT2D eigenvalue weighted by Gasteiger charge is -2.30. The van der Waals surface area contributed by atoms with Gasteiger partial charge in [-0.05, 0) is 70.1 Å². The number of phenolic OH excluding ortho intramolecular Hbond substituents is 1. The fourth-order valence-corrected chi connectivity index (χ4v) is 2.52. The molecule has 3 heteroatoms. The summed E-state index contributed by atoms with van der Waals surface area (Å²) in [5.41, 5.74) is 1.16. The maximum atomic E-state index is 9.47. The Labute approximate surface area is 110 Å². The van der Waals surface area contributed by atoms with Crippen LogP contribution in [0.25, 0.3) is 0 Å². The van der Waals surface area contributed by atoms with E-state index in [0.29, 0.717) is 11.8 Å². The zero-order valence-corrected chi connectivity index (χ0v) is 11.4. The molecule has 2 N–H and O–H groups in total. The van der Waals surface area contributed by atoms with Gasteiger partial charge < -0.3 is 15.3 Å². The first-order chi connectivity index (χ1) is 8.65. The van der Waals surface area contributed by atoms with Gasteiger partial charge in [-0.15, -0.1) is 0 Å². The molecule has 0 radical (unpaired) electrons. The molecule has 1 fully saturated rings. The number of piperidine rings is 1. The highest BCUT2D eigenvalue weighted by atomic mass is 16.3. The molecule has 0 saturated carbocycles. The van der Waals surface area contributed by atoms with E-state index in [-0.39, 0.29) is 0 Å². The molecule has 0 spiro atoms. The van der Waals surface area contributed by atoms with E-state index in [1.807, 2.05) is 12.1 Å². The third kappa shape index (κ3) is 3.72. The van der Waals surface area contributed by atoms with Crippen molar-refractivity contribution in [3.8, 4) is 5.75 Å². The average molecular weight is 248 g/mol. The highest BCUT2D eigenvalue weighted by Crippen LogP contribution is 2.20. The number of hydrogen-bond acceptors (Lipinski definition) is 3. The molecule has 1 aromatic rings. The Kier molecular flexibility index (Phi) is 4.61. The number of likely N-dealkylation sites (tertiary alicyclic amines) is 1. The van der Waals surface area contributed by atoms with E-state index in [0.717, 1.165) is 18.0 Å². The van der Waals surface area contributed by atoms with Crippen LogP contribution >= 0.6 is 0 Å². The highest BCUT2D eigenvalue weighted by molar-refractivity contribution is 5.28. The lowest BCUT2D eigenvalue weighted by Crippen LogP contribution is -2.35. The Morgan fingerprint density at radius 3 is 2.78 bits per heavy atom. The summed E-state index contributed by atoms with van der Waals surface area (Å²) in [7, 11) is 2.19. The molecule has 1 aliphatic heterocycles. The van der Waals surface area contributed by atoms with Gasteiger partial charge in [-0.25, -0.2) is 0 Å². The Bertz CT molecular complexity index is 373. The smallest absolute Gasteiger partial charge is 0.115 e. The Balaban J connectivity index is 1.79. The van der Waals surface area contributed by atoms with E-state index in [2.05, 4.69) is 30.3 Å². The van der Waals surface area contributed by atoms with Gasteiger partial charge in [0.1, 0.15) is 5.75 Å². The first kappa shape index (κ1) is 13.4. The molecule has 2 rings (SSSR count). The summed E-state index contributed by atoms with van der Waals surface area (Å²) in [6.45, 7) is 5.66. The molecule has 1 unspecified atom stereocenters. The molecule has 0 aromatic heterocycles. The van der Waals surface area contributed by atoms with Crippen LogP contribution < -0.4 is 5.32 Å². The first-order valence-electron chi connectivity index (χ1n) is 6.86. The summed E-state index contributed by atoms with van der Waals surface area (Å²) >= 11 is 0. The Hall–Kier alpha value is -1.06. The lowest BCUT2D eigenvalue weighted by atomic mass is 9.96. The van der Waals surface area contributed by atoms with Gasteiger partial charge in [-0.3, -0.25) is 0 Å². The van der Waals surface area contributed by atoms with Gasteiger partial charge in [-0.1, -0.05) is 12.1 Å². The molecule has 1 aromatic carbocycles. The number of nitrogens with zero attached hydrogens (tertiary/aromatic N) is 1. The minimum atomic E-state index is 0.303. The molecule has 1 heterocycles. The van der Waals surface area contributed by atoms with Crippen molar-refractivity contribution < 1.29 is 5.11 Å². The third-order valence-corrected chi connectivity index (χ3v) is 3.92. The highest BCUT2D eigenvalue weighted by Gasteiger charge is 2.17. The van der Waals surface area contributed by atoms with E-state index in [1.165, 1.54) is 25.9 Å². The number of phenols is 1. The lowest BCUT2D eigenvalue weighted by molar-refractivity contribution is 0.213. The summed E-state index contributed by atoms with van der Waals surface area (Å²) in [5, 5.41) is 13.1. The standard InChI is InChI=1S/C15H24N2O/c1-12(14-4-3-5-15(18)10-14)16-11-13-6-8-17(2)9-7-13/h3-5,10,12-13,16,18H,6-9,11H2,1-2H3. The van der Waals surface area contributed by atoms with Crippen molar-refractivity contribution in [2.24, 2.45) is 5.92 Å². The van der Waals surface area contributed by atoms with Crippen molar-refractivity contribution in [1.29, 1.82) is 0 Å². The molecule has 18 heavy (non-hydrogen) atoms. The number of hydrogen-bond donors (Lipinski definition) is 2. The first-order valence-corrected chi connectivity index (χ1v) is 6.86. The van der Waals surface area contributed by atoms with Gasteiger partial charge >= 0.3 is 0 Å². The second kappa shape index (κ2) is 6.21. The van der Waals surface area contributed by atoms with E-state index in [4.69, 9.17) is 0 Å². The van der Waals surface area contributed by atoms with Crippen LogP contribution in [0.15, 0.2) is 24.3 Å². The van der Waals surface area contributed by atoms with Crippen molar-refractivity contribution >= 4 is 0 Å². The van der Waals surface area contributed by atoms with Crippen LogP contribution in [0, 0.1) is 5.92 Å². The molecule has 0 aliphatic carbocycles. The van der Waals surface area contributed by atoms with E-state index in [9.17, 15) is 5.11 Å². The van der Waals surface area contributed by atoms with E-state index in [1.54, 1.807) is 6.07 Å². The van der Waals surface area contributed by atoms with Crippen molar-refractivity contribution in [2.45, 2.75) is 25.8 Å². The van der Waals surface area contributed by atoms with Gasteiger partial charge in [-0.2, -0.15) is 0 Å². The Morgan fingerprint density at radius 1 is 1.39 bits per heavy atom. The zero-order chi connectivity index (χ0) is 13.0. The van der Waals surface area contributed by atoms with Crippen LogP contribution in [-0.2, 0) is 0 Å². The predicted molar refractivity (Wildman–Crippen MR) is 74.7 cm³/mol. The summed E-state index contributed by atoms with van der Waals surface area (Å²) in [5.74, 6) is 1.14. The number of aromatic hydroxyl groups is 1. The quantitative estimate of drug-likeness (QED) is 0.859. The molecule has 3 nitrogen and oxygen atoms in total. The number of nitrogens with one attached hydrogen (secondary N) is 1. The largest absolute Gasteiger partial charge is 0.508 e. The average Bonchev–Trinajstić information content (AvgIpc) is 2.38. The fourth-order valence-electron chi connectivity index (χ4n) is 2.52. The normalized spacial score (nSPS) is 19.9. The monoisotopic (exact) mass is 248 g/mol. The maximum absolute atomic E-state index is 9.47. The van der Waals surface area contributed by atoms with E-state index >= 15 is 0 Å². The van der Waals surface area contributed by atoms with Gasteiger partial charge in [0, 0.05) is 6.04 Å². The SMILES string of the molecule is CC(NCC1CCN(C)CC1)c1cccc(O)c1. The molecule has 1 atom stereocenters. The molecule has 0 bridgehead atoms. The minimum Gasteiger partial charge on any atom is -0.508 e.